The van der Waals surface area contributed by atoms with E-state index in [0.29, 0.717) is 45.4 Å². The molecule has 5 rings (SSSR count). The van der Waals surface area contributed by atoms with Gasteiger partial charge in [-0.2, -0.15) is 52.2 Å². The van der Waals surface area contributed by atoms with Crippen LogP contribution >= 0.6 is 11.6 Å². The minimum atomic E-state index is -4.40. The molecular weight excluding hydrogens is 726 g/mol. The third kappa shape index (κ3) is 9.35. The average molecular weight is 754 g/mol. The summed E-state index contributed by atoms with van der Waals surface area (Å²) < 4.78 is 75.6. The number of halogens is 1. The number of hydrogen-bond donors (Lipinski definition) is 4. The zero-order chi connectivity index (χ0) is 36.9. The summed E-state index contributed by atoms with van der Waals surface area (Å²) in [6, 6.07) is 17.4. The molecule has 5 aromatic rings. The number of nitrogens with one attached hydrogen (secondary N) is 2. The third-order valence-corrected chi connectivity index (χ3v) is 8.78. The van der Waals surface area contributed by atoms with Gasteiger partial charge in [-0.05, 0) is 85.1 Å². The number of anilines is 4. The summed E-state index contributed by atoms with van der Waals surface area (Å²) in [6.07, 6.45) is 0. The predicted octanol–water partition coefficient (Wildman–Crippen LogP) is 7.97. The highest BCUT2D eigenvalue weighted by Gasteiger charge is 2.16. The van der Waals surface area contributed by atoms with Gasteiger partial charge in [0.1, 0.15) is 11.5 Å². The first-order chi connectivity index (χ1) is 24.1. The zero-order valence-corrected chi connectivity index (χ0v) is 29.5. The molecule has 0 spiro atoms. The second-order valence-electron chi connectivity index (χ2n) is 10.5. The Bertz CT molecular complexity index is 2250. The highest BCUT2D eigenvalue weighted by Crippen LogP contribution is 2.37. The first-order valence-corrected chi connectivity index (χ1v) is 17.7. The highest BCUT2D eigenvalue weighted by atomic mass is 35.5. The fraction of sp³-hybridized carbons (Fsp3) is 0.129. The number of nitrogens with zero attached hydrogens (tertiary/aromatic N) is 7. The van der Waals surface area contributed by atoms with Crippen LogP contribution in [0.3, 0.4) is 0 Å². The summed E-state index contributed by atoms with van der Waals surface area (Å²) in [5.74, 6) is 0.831. The Morgan fingerprint density at radius 2 is 1.04 bits per heavy atom. The Morgan fingerprint density at radius 1 is 0.627 bits per heavy atom. The number of aryl methyl sites for hydroxylation is 2. The van der Waals surface area contributed by atoms with Gasteiger partial charge in [-0.25, -0.2) is 0 Å². The van der Waals surface area contributed by atoms with Crippen LogP contribution in [0.5, 0.6) is 11.5 Å². The average Bonchev–Trinajstić information content (AvgIpc) is 3.07. The van der Waals surface area contributed by atoms with Crippen LogP contribution < -0.4 is 20.1 Å². The summed E-state index contributed by atoms with van der Waals surface area (Å²) in [7, 11) is -5.90. The summed E-state index contributed by atoms with van der Waals surface area (Å²) in [6.45, 7) is 3.55. The molecule has 20 heteroatoms. The molecule has 1 heterocycles. The van der Waals surface area contributed by atoms with E-state index < -0.39 is 20.2 Å². The standard InChI is InChI=1S/C31H28ClN9O8S2/c1-17-11-25(27(48-3)15-23(17)40-38-19-7-5-9-21(13-19)50(42,43)44)33-30-35-29(32)36-31(37-30)34-26-12-18(2)24(16-28(26)49-4)41-39-20-8-6-10-22(14-20)51(45,46)47/h5-16H,1-4H3,(H,42,43,44)(H,45,46,47)(H2,33,34,35,36,37). The van der Waals surface area contributed by atoms with Crippen molar-refractivity contribution in [1.82, 2.24) is 15.0 Å². The molecule has 0 unspecified atom stereocenters. The molecule has 0 aliphatic heterocycles. The Balaban J connectivity index is 1.37. The van der Waals surface area contributed by atoms with Crippen LogP contribution in [0.2, 0.25) is 5.28 Å². The molecule has 1 aromatic heterocycles. The van der Waals surface area contributed by atoms with Crippen molar-refractivity contribution in [1.29, 1.82) is 0 Å². The lowest BCUT2D eigenvalue weighted by atomic mass is 10.1. The van der Waals surface area contributed by atoms with Crippen LogP contribution in [-0.2, 0) is 20.2 Å². The normalized spacial score (nSPS) is 12.0. The molecule has 0 amide bonds. The zero-order valence-electron chi connectivity index (χ0n) is 27.1. The third-order valence-electron chi connectivity index (χ3n) is 6.91. The van der Waals surface area contributed by atoms with E-state index in [1.807, 2.05) is 0 Å². The lowest BCUT2D eigenvalue weighted by molar-refractivity contribution is 0.417. The lowest BCUT2D eigenvalue weighted by Crippen LogP contribution is -2.06. The van der Waals surface area contributed by atoms with Crippen LogP contribution in [0.25, 0.3) is 0 Å². The maximum atomic E-state index is 11.5. The number of hydrogen-bond acceptors (Lipinski definition) is 15. The molecule has 51 heavy (non-hydrogen) atoms. The molecule has 4 aromatic carbocycles. The van der Waals surface area contributed by atoms with E-state index in [-0.39, 0.29) is 38.3 Å². The molecule has 17 nitrogen and oxygen atoms in total. The topological polar surface area (TPSA) is 239 Å². The van der Waals surface area contributed by atoms with E-state index in [4.69, 9.17) is 21.1 Å². The van der Waals surface area contributed by atoms with Gasteiger partial charge in [0, 0.05) is 12.1 Å². The second-order valence-corrected chi connectivity index (χ2v) is 13.7. The monoisotopic (exact) mass is 753 g/mol. The summed E-state index contributed by atoms with van der Waals surface area (Å²) >= 11 is 6.25. The molecule has 0 bridgehead atoms. The van der Waals surface area contributed by atoms with Crippen LogP contribution in [0.4, 0.5) is 46.0 Å². The van der Waals surface area contributed by atoms with Crippen molar-refractivity contribution in [3.63, 3.8) is 0 Å². The summed E-state index contributed by atoms with van der Waals surface area (Å²) in [5, 5.41) is 22.6. The van der Waals surface area contributed by atoms with E-state index in [9.17, 15) is 25.9 Å². The maximum absolute atomic E-state index is 11.5. The number of ether oxygens (including phenoxy) is 2. The van der Waals surface area contributed by atoms with Gasteiger partial charge in [-0.15, -0.1) is 0 Å². The van der Waals surface area contributed by atoms with E-state index in [2.05, 4.69) is 46.0 Å². The SMILES string of the molecule is COc1cc(N=Nc2cccc(S(=O)(=O)O)c2)c(C)cc1Nc1nc(Cl)nc(Nc2cc(C)c(N=Nc3cccc(S(=O)(=O)O)c3)cc2OC)n1. The number of rotatable bonds is 12. The molecule has 0 saturated heterocycles. The fourth-order valence-corrected chi connectivity index (χ4v) is 5.64. The molecular formula is C31H28ClN9O8S2. The van der Waals surface area contributed by atoms with Gasteiger partial charge in [0.2, 0.25) is 17.2 Å². The van der Waals surface area contributed by atoms with E-state index >= 15 is 0 Å². The van der Waals surface area contributed by atoms with Crippen molar-refractivity contribution in [3.05, 3.63) is 89.2 Å². The predicted molar refractivity (Wildman–Crippen MR) is 188 cm³/mol. The molecule has 264 valence electrons. The van der Waals surface area contributed by atoms with Gasteiger partial charge >= 0.3 is 0 Å². The maximum Gasteiger partial charge on any atom is 0.294 e. The summed E-state index contributed by atoms with van der Waals surface area (Å²) in [4.78, 5) is 12.1. The van der Waals surface area contributed by atoms with Crippen LogP contribution in [0.1, 0.15) is 11.1 Å². The number of benzene rings is 4. The van der Waals surface area contributed by atoms with E-state index in [1.54, 1.807) is 38.1 Å². The van der Waals surface area contributed by atoms with Crippen molar-refractivity contribution in [2.75, 3.05) is 24.9 Å². The molecule has 4 N–H and O–H groups in total. The Kier molecular flexibility index (Phi) is 10.9. The van der Waals surface area contributed by atoms with Crippen molar-refractivity contribution in [2.24, 2.45) is 20.5 Å². The Labute approximate surface area is 297 Å². The molecule has 0 saturated carbocycles. The first kappa shape index (κ1) is 36.7. The Hall–Kier alpha value is -5.60. The van der Waals surface area contributed by atoms with Gasteiger partial charge in [-0.3, -0.25) is 9.11 Å². The quantitative estimate of drug-likeness (QED) is 0.0699. The van der Waals surface area contributed by atoms with Gasteiger partial charge in [0.25, 0.3) is 20.2 Å². The molecule has 0 atom stereocenters. The van der Waals surface area contributed by atoms with Crippen molar-refractivity contribution in [3.8, 4) is 11.5 Å². The fourth-order valence-electron chi connectivity index (χ4n) is 4.44. The van der Waals surface area contributed by atoms with Gasteiger partial charge in [0.05, 0.1) is 58.1 Å². The van der Waals surface area contributed by atoms with E-state index in [0.717, 1.165) is 0 Å². The highest BCUT2D eigenvalue weighted by molar-refractivity contribution is 7.86. The van der Waals surface area contributed by atoms with Gasteiger partial charge in [-0.1, -0.05) is 12.1 Å². The Morgan fingerprint density at radius 3 is 1.41 bits per heavy atom. The largest absolute Gasteiger partial charge is 0.494 e. The molecule has 0 aliphatic carbocycles. The minimum absolute atomic E-state index is 0.0693. The smallest absolute Gasteiger partial charge is 0.294 e. The number of methoxy groups -OCH3 is 2. The van der Waals surface area contributed by atoms with Crippen LogP contribution in [0, 0.1) is 13.8 Å². The van der Waals surface area contributed by atoms with Crippen LogP contribution in [-0.4, -0.2) is 55.1 Å². The van der Waals surface area contributed by atoms with E-state index in [1.165, 1.54) is 62.8 Å². The van der Waals surface area contributed by atoms with Crippen LogP contribution in [0.15, 0.2) is 103 Å². The van der Waals surface area contributed by atoms with Crippen molar-refractivity contribution >= 4 is 77.9 Å². The molecule has 0 aliphatic rings. The number of aromatic nitrogens is 3. The molecule has 0 fully saturated rings. The molecule has 0 radical (unpaired) electrons. The lowest BCUT2D eigenvalue weighted by Gasteiger charge is -2.14. The summed E-state index contributed by atoms with van der Waals surface area (Å²) in [5.41, 5.74) is 3.50. The minimum Gasteiger partial charge on any atom is -0.494 e. The van der Waals surface area contributed by atoms with Gasteiger partial charge in [0.15, 0.2) is 0 Å². The van der Waals surface area contributed by atoms with Crippen molar-refractivity contribution in [2.45, 2.75) is 23.6 Å². The second kappa shape index (κ2) is 15.1. The number of azo groups is 2. The first-order valence-electron chi connectivity index (χ1n) is 14.4. The van der Waals surface area contributed by atoms with Gasteiger partial charge < -0.3 is 20.1 Å². The van der Waals surface area contributed by atoms with Crippen molar-refractivity contribution < 1.29 is 35.4 Å².